The number of nitrogens with zero attached hydrogens (tertiary/aromatic N) is 1. The molecule has 0 fully saturated rings. The van der Waals surface area contributed by atoms with E-state index in [-0.39, 0.29) is 5.91 Å². The summed E-state index contributed by atoms with van der Waals surface area (Å²) in [6, 6.07) is 10.7. The molecule has 4 nitrogen and oxygen atoms in total. The maximum Gasteiger partial charge on any atom is 0.266 e. The molecule has 2 heterocycles. The SMILES string of the molecule is O=C(Nc1ccccn1)C1Cc2cc(Cl)ccc2O1. The lowest BCUT2D eigenvalue weighted by Gasteiger charge is -2.10. The largest absolute Gasteiger partial charge is 0.480 e. The molecule has 1 amide bonds. The van der Waals surface area contributed by atoms with Gasteiger partial charge in [-0.1, -0.05) is 17.7 Å². The average Bonchev–Trinajstić information content (AvgIpc) is 2.83. The minimum atomic E-state index is -0.532. The number of aromatic nitrogens is 1. The molecule has 0 saturated heterocycles. The molecule has 0 bridgehead atoms. The molecule has 1 aromatic carbocycles. The molecule has 96 valence electrons. The molecular weight excluding hydrogens is 264 g/mol. The van der Waals surface area contributed by atoms with Crippen molar-refractivity contribution in [3.63, 3.8) is 0 Å². The Balaban J connectivity index is 1.71. The van der Waals surface area contributed by atoms with E-state index >= 15 is 0 Å². The standard InChI is InChI=1S/C14H11ClN2O2/c15-10-4-5-11-9(7-10)8-12(19-11)14(18)17-13-3-1-2-6-16-13/h1-7,12H,8H2,(H,16,17,18). The van der Waals surface area contributed by atoms with Crippen molar-refractivity contribution in [2.45, 2.75) is 12.5 Å². The summed E-state index contributed by atoms with van der Waals surface area (Å²) < 4.78 is 5.60. The highest BCUT2D eigenvalue weighted by atomic mass is 35.5. The number of halogens is 1. The second kappa shape index (κ2) is 4.90. The molecule has 0 aliphatic carbocycles. The van der Waals surface area contributed by atoms with E-state index in [1.54, 1.807) is 30.5 Å². The third kappa shape index (κ3) is 2.53. The topological polar surface area (TPSA) is 51.2 Å². The van der Waals surface area contributed by atoms with Crippen molar-refractivity contribution >= 4 is 23.3 Å². The molecule has 2 aromatic rings. The molecule has 1 unspecified atom stereocenters. The summed E-state index contributed by atoms with van der Waals surface area (Å²) in [4.78, 5) is 16.1. The van der Waals surface area contributed by atoms with E-state index < -0.39 is 6.10 Å². The van der Waals surface area contributed by atoms with Gasteiger partial charge in [0.25, 0.3) is 5.91 Å². The number of hydrogen-bond acceptors (Lipinski definition) is 3. The summed E-state index contributed by atoms with van der Waals surface area (Å²) in [6.07, 6.45) is 1.62. The third-order valence-corrected chi connectivity index (χ3v) is 3.14. The Labute approximate surface area is 115 Å². The number of rotatable bonds is 2. The summed E-state index contributed by atoms with van der Waals surface area (Å²) in [5, 5.41) is 3.37. The first-order valence-corrected chi connectivity index (χ1v) is 6.27. The van der Waals surface area contributed by atoms with Gasteiger partial charge < -0.3 is 10.1 Å². The number of hydrogen-bond donors (Lipinski definition) is 1. The van der Waals surface area contributed by atoms with E-state index in [4.69, 9.17) is 16.3 Å². The van der Waals surface area contributed by atoms with Crippen LogP contribution in [0.15, 0.2) is 42.6 Å². The molecule has 1 aromatic heterocycles. The molecule has 0 spiro atoms. The molecule has 3 rings (SSSR count). The lowest BCUT2D eigenvalue weighted by atomic mass is 10.1. The normalized spacial score (nSPS) is 16.6. The smallest absolute Gasteiger partial charge is 0.266 e. The molecule has 0 radical (unpaired) electrons. The summed E-state index contributed by atoms with van der Waals surface area (Å²) in [6.45, 7) is 0. The summed E-state index contributed by atoms with van der Waals surface area (Å²) in [5.74, 6) is 1.03. The molecule has 1 aliphatic rings. The van der Waals surface area contributed by atoms with Gasteiger partial charge in [0, 0.05) is 17.6 Å². The van der Waals surface area contributed by atoms with Gasteiger partial charge in [0.1, 0.15) is 11.6 Å². The van der Waals surface area contributed by atoms with Crippen molar-refractivity contribution in [2.24, 2.45) is 0 Å². The minimum Gasteiger partial charge on any atom is -0.480 e. The minimum absolute atomic E-state index is 0.203. The number of carbonyl (C=O) groups is 1. The number of anilines is 1. The number of amides is 1. The van der Waals surface area contributed by atoms with Gasteiger partial charge in [-0.2, -0.15) is 0 Å². The van der Waals surface area contributed by atoms with E-state index in [0.717, 1.165) is 5.56 Å². The Morgan fingerprint density at radius 1 is 1.37 bits per heavy atom. The van der Waals surface area contributed by atoms with Gasteiger partial charge in [-0.25, -0.2) is 4.98 Å². The van der Waals surface area contributed by atoms with Crippen LogP contribution in [0.1, 0.15) is 5.56 Å². The fourth-order valence-electron chi connectivity index (χ4n) is 2.01. The first-order valence-electron chi connectivity index (χ1n) is 5.89. The van der Waals surface area contributed by atoms with Crippen LogP contribution in [0.3, 0.4) is 0 Å². The lowest BCUT2D eigenvalue weighted by Crippen LogP contribution is -2.31. The zero-order chi connectivity index (χ0) is 13.2. The average molecular weight is 275 g/mol. The van der Waals surface area contributed by atoms with Gasteiger partial charge in [-0.05, 0) is 35.9 Å². The molecule has 0 saturated carbocycles. The van der Waals surface area contributed by atoms with Gasteiger partial charge in [0.05, 0.1) is 0 Å². The van der Waals surface area contributed by atoms with Crippen LogP contribution in [0.4, 0.5) is 5.82 Å². The Bertz CT molecular complexity index is 616. The molecular formula is C14H11ClN2O2. The van der Waals surface area contributed by atoms with Crippen LogP contribution in [0.2, 0.25) is 5.02 Å². The quantitative estimate of drug-likeness (QED) is 0.916. The van der Waals surface area contributed by atoms with Crippen molar-refractivity contribution in [1.82, 2.24) is 4.98 Å². The van der Waals surface area contributed by atoms with E-state index in [1.165, 1.54) is 0 Å². The molecule has 5 heteroatoms. The Morgan fingerprint density at radius 3 is 3.05 bits per heavy atom. The highest BCUT2D eigenvalue weighted by Crippen LogP contribution is 2.31. The second-order valence-corrected chi connectivity index (χ2v) is 4.70. The summed E-state index contributed by atoms with van der Waals surface area (Å²) >= 11 is 5.91. The monoisotopic (exact) mass is 274 g/mol. The number of carbonyl (C=O) groups excluding carboxylic acids is 1. The first kappa shape index (κ1) is 12.0. The summed E-state index contributed by atoms with van der Waals surface area (Å²) in [5.41, 5.74) is 0.952. The van der Waals surface area contributed by atoms with Crippen LogP contribution in [0.5, 0.6) is 5.75 Å². The predicted molar refractivity (Wildman–Crippen MR) is 72.4 cm³/mol. The highest BCUT2D eigenvalue weighted by Gasteiger charge is 2.29. The Morgan fingerprint density at radius 2 is 2.26 bits per heavy atom. The van der Waals surface area contributed by atoms with Gasteiger partial charge in [0.15, 0.2) is 6.10 Å². The van der Waals surface area contributed by atoms with Crippen molar-refractivity contribution < 1.29 is 9.53 Å². The van der Waals surface area contributed by atoms with Crippen molar-refractivity contribution in [3.05, 3.63) is 53.2 Å². The second-order valence-electron chi connectivity index (χ2n) is 4.27. The van der Waals surface area contributed by atoms with Crippen molar-refractivity contribution in [2.75, 3.05) is 5.32 Å². The maximum absolute atomic E-state index is 12.1. The number of pyridine rings is 1. The molecule has 1 N–H and O–H groups in total. The Hall–Kier alpha value is -2.07. The van der Waals surface area contributed by atoms with Crippen LogP contribution in [0.25, 0.3) is 0 Å². The van der Waals surface area contributed by atoms with Gasteiger partial charge in [0.2, 0.25) is 0 Å². The summed E-state index contributed by atoms with van der Waals surface area (Å²) in [7, 11) is 0. The van der Waals surface area contributed by atoms with Gasteiger partial charge in [-0.15, -0.1) is 0 Å². The van der Waals surface area contributed by atoms with Crippen LogP contribution in [-0.2, 0) is 11.2 Å². The zero-order valence-corrected chi connectivity index (χ0v) is 10.7. The predicted octanol–water partition coefficient (Wildman–Crippen LogP) is 2.68. The highest BCUT2D eigenvalue weighted by molar-refractivity contribution is 6.30. The van der Waals surface area contributed by atoms with E-state index in [1.807, 2.05) is 12.1 Å². The van der Waals surface area contributed by atoms with E-state index in [2.05, 4.69) is 10.3 Å². The van der Waals surface area contributed by atoms with E-state index in [9.17, 15) is 4.79 Å². The molecule has 1 aliphatic heterocycles. The lowest BCUT2D eigenvalue weighted by molar-refractivity contribution is -0.122. The third-order valence-electron chi connectivity index (χ3n) is 2.91. The van der Waals surface area contributed by atoms with Gasteiger partial charge >= 0.3 is 0 Å². The number of ether oxygens (including phenoxy) is 1. The van der Waals surface area contributed by atoms with Crippen LogP contribution in [0, 0.1) is 0 Å². The first-order chi connectivity index (χ1) is 9.22. The maximum atomic E-state index is 12.1. The van der Waals surface area contributed by atoms with Crippen molar-refractivity contribution in [3.8, 4) is 5.75 Å². The van der Waals surface area contributed by atoms with Crippen LogP contribution >= 0.6 is 11.6 Å². The number of nitrogens with one attached hydrogen (secondary N) is 1. The van der Waals surface area contributed by atoms with Crippen LogP contribution in [-0.4, -0.2) is 17.0 Å². The molecule has 19 heavy (non-hydrogen) atoms. The fraction of sp³-hybridized carbons (Fsp3) is 0.143. The van der Waals surface area contributed by atoms with E-state index in [0.29, 0.717) is 23.0 Å². The van der Waals surface area contributed by atoms with Crippen LogP contribution < -0.4 is 10.1 Å². The van der Waals surface area contributed by atoms with Crippen molar-refractivity contribution in [1.29, 1.82) is 0 Å². The molecule has 1 atom stereocenters. The zero-order valence-electron chi connectivity index (χ0n) is 9.97. The Kier molecular flexibility index (Phi) is 3.09. The number of fused-ring (bicyclic) bond motifs is 1. The number of benzene rings is 1. The fourth-order valence-corrected chi connectivity index (χ4v) is 2.20. The van der Waals surface area contributed by atoms with Gasteiger partial charge in [-0.3, -0.25) is 4.79 Å².